The number of hydrogen-bond acceptors (Lipinski definition) is 5. The Morgan fingerprint density at radius 3 is 2.15 bits per heavy atom. The predicted molar refractivity (Wildman–Crippen MR) is 164 cm³/mol. The molecule has 0 aliphatic heterocycles. The molecule has 0 heterocycles. The number of amides is 1. The van der Waals surface area contributed by atoms with Crippen molar-refractivity contribution >= 4 is 67.2 Å². The maximum Gasteiger partial charge on any atom is 0.327 e. The van der Waals surface area contributed by atoms with Gasteiger partial charge in [-0.05, 0) is 63.1 Å². The van der Waals surface area contributed by atoms with Gasteiger partial charge < -0.3 is 10.1 Å². The Bertz CT molecular complexity index is 1670. The van der Waals surface area contributed by atoms with E-state index in [-0.39, 0.29) is 33.0 Å². The van der Waals surface area contributed by atoms with Gasteiger partial charge in [0, 0.05) is 32.9 Å². The number of benzene rings is 4. The molecule has 0 fully saturated rings. The van der Waals surface area contributed by atoms with Crippen LogP contribution in [0.4, 0.5) is 11.4 Å². The molecule has 0 saturated heterocycles. The molecule has 0 radical (unpaired) electrons. The summed E-state index contributed by atoms with van der Waals surface area (Å²) in [7, 11) is -4.34. The molecule has 0 unspecified atom stereocenters. The third-order valence-corrected chi connectivity index (χ3v) is 8.22. The fourth-order valence-electron chi connectivity index (χ4n) is 4.33. The number of hydrogen-bond donors (Lipinski definition) is 1. The van der Waals surface area contributed by atoms with Crippen LogP contribution in [0, 0.1) is 0 Å². The lowest BCUT2D eigenvalue weighted by molar-refractivity contribution is -0.152. The zero-order valence-electron chi connectivity index (χ0n) is 22.9. The van der Waals surface area contributed by atoms with E-state index in [1.165, 1.54) is 18.2 Å². The van der Waals surface area contributed by atoms with Crippen LogP contribution >= 0.6 is 23.2 Å². The molecule has 0 spiro atoms. The van der Waals surface area contributed by atoms with Gasteiger partial charge in [0.1, 0.15) is 12.1 Å². The fraction of sp³-hybridized carbons (Fsp3) is 0.226. The van der Waals surface area contributed by atoms with Gasteiger partial charge in [-0.1, -0.05) is 77.8 Å². The summed E-state index contributed by atoms with van der Waals surface area (Å²) in [5.74, 6) is -0.921. The topological polar surface area (TPSA) is 92.8 Å². The van der Waals surface area contributed by atoms with Crippen LogP contribution in [0.5, 0.6) is 0 Å². The van der Waals surface area contributed by atoms with Crippen LogP contribution in [0.1, 0.15) is 32.8 Å². The first-order chi connectivity index (χ1) is 19.3. The van der Waals surface area contributed by atoms with Crippen molar-refractivity contribution in [2.45, 2.75) is 44.1 Å². The number of halogens is 2. The van der Waals surface area contributed by atoms with Crippen LogP contribution < -0.4 is 9.62 Å². The smallest absolute Gasteiger partial charge is 0.327 e. The second-order valence-electron chi connectivity index (χ2n) is 10.4. The summed E-state index contributed by atoms with van der Waals surface area (Å²) in [6, 6.07) is 23.9. The Hall–Kier alpha value is -3.59. The monoisotopic (exact) mass is 612 g/mol. The van der Waals surface area contributed by atoms with Crippen LogP contribution in [0.15, 0.2) is 89.8 Å². The van der Waals surface area contributed by atoms with E-state index >= 15 is 0 Å². The van der Waals surface area contributed by atoms with E-state index in [1.54, 1.807) is 57.2 Å². The molecule has 4 rings (SSSR count). The molecule has 10 heteroatoms. The van der Waals surface area contributed by atoms with E-state index in [2.05, 4.69) is 5.32 Å². The number of ether oxygens (including phenoxy) is 1. The standard InChI is InChI=1S/C31H30Cl2N2O5S/c1-31(2,3)40-30(37)20-35(41(38,39)24-18-22(32)17-23(33)19-24)28-14-8-11-25-26(28)12-7-13-27(25)34-29(36)16-15-21-9-5-4-6-10-21/h4-14,17-19H,15-16,20H2,1-3H3,(H,34,36). The molecule has 0 aliphatic carbocycles. The number of sulfonamides is 1. The summed E-state index contributed by atoms with van der Waals surface area (Å²) >= 11 is 12.3. The third-order valence-electron chi connectivity index (χ3n) is 6.04. The van der Waals surface area contributed by atoms with Crippen molar-refractivity contribution in [3.63, 3.8) is 0 Å². The summed E-state index contributed by atoms with van der Waals surface area (Å²) in [5, 5.41) is 4.32. The highest BCUT2D eigenvalue weighted by molar-refractivity contribution is 7.93. The lowest BCUT2D eigenvalue weighted by Gasteiger charge is -2.27. The normalized spacial score (nSPS) is 11.7. The number of anilines is 2. The maximum absolute atomic E-state index is 14.0. The molecule has 4 aromatic carbocycles. The second kappa shape index (κ2) is 12.5. The minimum absolute atomic E-state index is 0.131. The number of nitrogens with one attached hydrogen (secondary N) is 1. The highest BCUT2D eigenvalue weighted by Gasteiger charge is 2.31. The van der Waals surface area contributed by atoms with E-state index in [4.69, 9.17) is 27.9 Å². The lowest BCUT2D eigenvalue weighted by Crippen LogP contribution is -2.39. The minimum atomic E-state index is -4.34. The largest absolute Gasteiger partial charge is 0.459 e. The zero-order valence-corrected chi connectivity index (χ0v) is 25.2. The summed E-state index contributed by atoms with van der Waals surface area (Å²) in [5.41, 5.74) is 0.960. The summed E-state index contributed by atoms with van der Waals surface area (Å²) in [6.07, 6.45) is 0.849. The Morgan fingerprint density at radius 1 is 0.854 bits per heavy atom. The van der Waals surface area contributed by atoms with Gasteiger partial charge in [-0.25, -0.2) is 8.42 Å². The zero-order chi connectivity index (χ0) is 29.8. The number of carbonyl (C=O) groups is 2. The molecular formula is C31H30Cl2N2O5S. The van der Waals surface area contributed by atoms with Gasteiger partial charge in [0.2, 0.25) is 5.91 Å². The van der Waals surface area contributed by atoms with E-state index in [0.717, 1.165) is 9.87 Å². The van der Waals surface area contributed by atoms with Crippen molar-refractivity contribution in [1.29, 1.82) is 0 Å². The predicted octanol–water partition coefficient (Wildman–Crippen LogP) is 7.25. The molecule has 214 valence electrons. The van der Waals surface area contributed by atoms with Crippen LogP contribution in [0.25, 0.3) is 10.8 Å². The van der Waals surface area contributed by atoms with Crippen molar-refractivity contribution < 1.29 is 22.7 Å². The first kappa shape index (κ1) is 30.4. The highest BCUT2D eigenvalue weighted by Crippen LogP contribution is 2.35. The number of esters is 1. The number of fused-ring (bicyclic) bond motifs is 1. The molecule has 7 nitrogen and oxygen atoms in total. The minimum Gasteiger partial charge on any atom is -0.459 e. The number of carbonyl (C=O) groups excluding carboxylic acids is 2. The first-order valence-electron chi connectivity index (χ1n) is 12.9. The summed E-state index contributed by atoms with van der Waals surface area (Å²) < 4.78 is 34.4. The number of aryl methyl sites for hydroxylation is 1. The SMILES string of the molecule is CC(C)(C)OC(=O)CN(c1cccc2c(NC(=O)CCc3ccccc3)cccc12)S(=O)(=O)c1cc(Cl)cc(Cl)c1. The molecule has 0 bridgehead atoms. The van der Waals surface area contributed by atoms with E-state index in [1.807, 2.05) is 30.3 Å². The fourth-order valence-corrected chi connectivity index (χ4v) is 6.49. The summed E-state index contributed by atoms with van der Waals surface area (Å²) in [4.78, 5) is 25.6. The van der Waals surface area contributed by atoms with Crippen LogP contribution in [-0.2, 0) is 30.8 Å². The van der Waals surface area contributed by atoms with E-state index in [9.17, 15) is 18.0 Å². The molecule has 1 N–H and O–H groups in total. The quantitative estimate of drug-likeness (QED) is 0.201. The van der Waals surface area contributed by atoms with Crippen molar-refractivity contribution in [2.24, 2.45) is 0 Å². The average Bonchev–Trinajstić information content (AvgIpc) is 2.89. The van der Waals surface area contributed by atoms with Crippen LogP contribution in [0.2, 0.25) is 10.0 Å². The Morgan fingerprint density at radius 2 is 1.49 bits per heavy atom. The van der Waals surface area contributed by atoms with Gasteiger partial charge in [-0.15, -0.1) is 0 Å². The van der Waals surface area contributed by atoms with Crippen molar-refractivity contribution in [3.8, 4) is 0 Å². The van der Waals surface area contributed by atoms with Gasteiger partial charge >= 0.3 is 5.97 Å². The van der Waals surface area contributed by atoms with Crippen LogP contribution in [-0.4, -0.2) is 32.4 Å². The number of nitrogens with zero attached hydrogens (tertiary/aromatic N) is 1. The molecule has 0 aromatic heterocycles. The van der Waals surface area contributed by atoms with E-state index < -0.39 is 28.1 Å². The molecular weight excluding hydrogens is 583 g/mol. The Labute approximate surface area is 250 Å². The highest BCUT2D eigenvalue weighted by atomic mass is 35.5. The third kappa shape index (κ3) is 7.79. The Balaban J connectivity index is 1.74. The lowest BCUT2D eigenvalue weighted by atomic mass is 10.1. The van der Waals surface area contributed by atoms with Crippen molar-refractivity contribution in [2.75, 3.05) is 16.2 Å². The molecule has 0 saturated carbocycles. The average molecular weight is 614 g/mol. The van der Waals surface area contributed by atoms with Gasteiger partial charge in [-0.2, -0.15) is 0 Å². The van der Waals surface area contributed by atoms with Crippen molar-refractivity contribution in [3.05, 3.63) is 101 Å². The van der Waals surface area contributed by atoms with Gasteiger partial charge in [0.25, 0.3) is 10.0 Å². The molecule has 1 amide bonds. The second-order valence-corrected chi connectivity index (χ2v) is 13.2. The Kier molecular flexibility index (Phi) is 9.27. The van der Waals surface area contributed by atoms with Gasteiger partial charge in [0.05, 0.1) is 10.6 Å². The molecule has 41 heavy (non-hydrogen) atoms. The van der Waals surface area contributed by atoms with Gasteiger partial charge in [0.15, 0.2) is 0 Å². The maximum atomic E-state index is 14.0. The van der Waals surface area contributed by atoms with Gasteiger partial charge in [-0.3, -0.25) is 13.9 Å². The van der Waals surface area contributed by atoms with E-state index in [0.29, 0.717) is 22.9 Å². The number of rotatable bonds is 9. The summed E-state index contributed by atoms with van der Waals surface area (Å²) in [6.45, 7) is 4.50. The molecule has 0 aliphatic rings. The van der Waals surface area contributed by atoms with Crippen molar-refractivity contribution in [1.82, 2.24) is 0 Å². The molecule has 4 aromatic rings. The van der Waals surface area contributed by atoms with Crippen LogP contribution in [0.3, 0.4) is 0 Å². The molecule has 0 atom stereocenters. The first-order valence-corrected chi connectivity index (χ1v) is 15.1.